The van der Waals surface area contributed by atoms with E-state index < -0.39 is 47.5 Å². The third-order valence-electron chi connectivity index (χ3n) is 3.47. The fourth-order valence-corrected chi connectivity index (χ4v) is 2.28. The molecule has 0 spiro atoms. The molecule has 132 valence electrons. The number of nitrogens with one attached hydrogen (secondary N) is 1. The van der Waals surface area contributed by atoms with Crippen molar-refractivity contribution < 1.29 is 32.3 Å². The predicted molar refractivity (Wildman–Crippen MR) is 80.4 cm³/mol. The van der Waals surface area contributed by atoms with Crippen molar-refractivity contribution in [3.8, 4) is 0 Å². The number of carbonyl (C=O) groups is 2. The molecule has 0 aromatic heterocycles. The maximum Gasteiger partial charge on any atom is 0.416 e. The minimum Gasteiger partial charge on any atom is -0.480 e. The highest BCUT2D eigenvalue weighted by Crippen LogP contribution is 2.32. The Morgan fingerprint density at radius 1 is 1.04 bits per heavy atom. The van der Waals surface area contributed by atoms with Gasteiger partial charge >= 0.3 is 12.1 Å². The van der Waals surface area contributed by atoms with Crippen LogP contribution in [0.2, 0.25) is 0 Å². The Labute approximate surface area is 140 Å². The molecule has 0 heterocycles. The van der Waals surface area contributed by atoms with E-state index in [4.69, 9.17) is 0 Å². The highest BCUT2D eigenvalue weighted by atomic mass is 19.4. The summed E-state index contributed by atoms with van der Waals surface area (Å²) >= 11 is 0. The molecule has 0 bridgehead atoms. The fourth-order valence-electron chi connectivity index (χ4n) is 2.28. The summed E-state index contributed by atoms with van der Waals surface area (Å²) in [4.78, 5) is 23.3. The molecule has 1 amide bonds. The molecule has 0 fully saturated rings. The molecule has 4 nitrogen and oxygen atoms in total. The third kappa shape index (κ3) is 4.56. The number of halogens is 4. The van der Waals surface area contributed by atoms with Crippen LogP contribution in [0.3, 0.4) is 0 Å². The van der Waals surface area contributed by atoms with Crippen LogP contribution >= 0.6 is 0 Å². The number of carbonyl (C=O) groups excluding carboxylic acids is 1. The molecule has 2 rings (SSSR count). The van der Waals surface area contributed by atoms with Crippen LogP contribution in [0.25, 0.3) is 0 Å². The van der Waals surface area contributed by atoms with E-state index in [1.165, 1.54) is 24.3 Å². The van der Waals surface area contributed by atoms with E-state index in [9.17, 15) is 32.3 Å². The molecule has 2 N–H and O–H groups in total. The Morgan fingerprint density at radius 2 is 1.64 bits per heavy atom. The van der Waals surface area contributed by atoms with Crippen molar-refractivity contribution in [1.82, 2.24) is 5.32 Å². The Kier molecular flexibility index (Phi) is 5.41. The Hall–Kier alpha value is -2.90. The van der Waals surface area contributed by atoms with Crippen LogP contribution in [0.15, 0.2) is 48.5 Å². The van der Waals surface area contributed by atoms with Crippen molar-refractivity contribution in [3.05, 3.63) is 71.0 Å². The predicted octanol–water partition coefficient (Wildman–Crippen LogP) is 3.27. The highest BCUT2D eigenvalue weighted by Gasteiger charge is 2.34. The molecule has 0 unspecified atom stereocenters. The summed E-state index contributed by atoms with van der Waals surface area (Å²) in [7, 11) is 0. The normalized spacial score (nSPS) is 12.5. The molecule has 1 atom stereocenters. The third-order valence-corrected chi connectivity index (χ3v) is 3.47. The van der Waals surface area contributed by atoms with E-state index in [-0.39, 0.29) is 5.56 Å². The molecule has 0 saturated heterocycles. The van der Waals surface area contributed by atoms with Gasteiger partial charge in [-0.3, -0.25) is 4.79 Å². The number of amides is 1. The molecule has 2 aromatic carbocycles. The first-order valence-electron chi connectivity index (χ1n) is 7.13. The average Bonchev–Trinajstić information content (AvgIpc) is 2.54. The minimum absolute atomic E-state index is 0.281. The molecule has 8 heteroatoms. The van der Waals surface area contributed by atoms with Crippen LogP contribution in [0, 0.1) is 5.82 Å². The summed E-state index contributed by atoms with van der Waals surface area (Å²) in [6, 6.07) is 7.73. The zero-order valence-corrected chi connectivity index (χ0v) is 12.7. The van der Waals surface area contributed by atoms with Gasteiger partial charge in [0.05, 0.1) is 11.1 Å². The number of hydrogen-bond donors (Lipinski definition) is 2. The van der Waals surface area contributed by atoms with Gasteiger partial charge in [-0.2, -0.15) is 13.2 Å². The number of rotatable bonds is 5. The first kappa shape index (κ1) is 18.4. The number of hydrogen-bond acceptors (Lipinski definition) is 2. The monoisotopic (exact) mass is 355 g/mol. The standard InChI is InChI=1S/C17H13F4NO3/c18-13-8-4-2-6-11(13)15(23)22-14(16(24)25)9-10-5-1-3-7-12(10)17(19,20)21/h1-8,14H,9H2,(H,22,23)(H,24,25)/t14-/m1/s1. The highest BCUT2D eigenvalue weighted by molar-refractivity contribution is 5.96. The van der Waals surface area contributed by atoms with E-state index in [1.807, 2.05) is 0 Å². The van der Waals surface area contributed by atoms with Gasteiger partial charge < -0.3 is 10.4 Å². The van der Waals surface area contributed by atoms with Gasteiger partial charge in [0.1, 0.15) is 11.9 Å². The molecule has 0 aliphatic rings. The quantitative estimate of drug-likeness (QED) is 0.809. The van der Waals surface area contributed by atoms with E-state index in [0.717, 1.165) is 24.3 Å². The summed E-state index contributed by atoms with van der Waals surface area (Å²) in [5.74, 6) is -3.41. The number of aliphatic carboxylic acids is 1. The Morgan fingerprint density at radius 3 is 2.24 bits per heavy atom. The number of benzene rings is 2. The summed E-state index contributed by atoms with van der Waals surface area (Å²) in [6.07, 6.45) is -5.25. The maximum absolute atomic E-state index is 13.6. The number of alkyl halides is 3. The summed E-state index contributed by atoms with van der Waals surface area (Å²) in [5.41, 5.74) is -1.66. The summed E-state index contributed by atoms with van der Waals surface area (Å²) in [6.45, 7) is 0. The first-order chi connectivity index (χ1) is 11.7. The van der Waals surface area contributed by atoms with Gasteiger partial charge in [0.15, 0.2) is 0 Å². The number of carboxylic acids is 1. The SMILES string of the molecule is O=C(N[C@H](Cc1ccccc1C(F)(F)F)C(=O)O)c1ccccc1F. The first-order valence-corrected chi connectivity index (χ1v) is 7.13. The molecule has 0 aliphatic carbocycles. The molecule has 0 saturated carbocycles. The fraction of sp³-hybridized carbons (Fsp3) is 0.176. The molecular weight excluding hydrogens is 342 g/mol. The lowest BCUT2D eigenvalue weighted by molar-refractivity contribution is -0.141. The largest absolute Gasteiger partial charge is 0.480 e. The molecule has 2 aromatic rings. The van der Waals surface area contributed by atoms with Crippen LogP contribution in [-0.2, 0) is 17.4 Å². The summed E-state index contributed by atoms with van der Waals surface area (Å²) < 4.78 is 52.6. The van der Waals surface area contributed by atoms with Gasteiger partial charge in [-0.15, -0.1) is 0 Å². The Bertz CT molecular complexity index is 789. The van der Waals surface area contributed by atoms with Crippen LogP contribution in [0.4, 0.5) is 17.6 Å². The lowest BCUT2D eigenvalue weighted by atomic mass is 9.99. The maximum atomic E-state index is 13.6. The van der Waals surface area contributed by atoms with Gasteiger partial charge in [0, 0.05) is 6.42 Å². The van der Waals surface area contributed by atoms with Gasteiger partial charge in [-0.25, -0.2) is 9.18 Å². The lowest BCUT2D eigenvalue weighted by Crippen LogP contribution is -2.42. The van der Waals surface area contributed by atoms with Gasteiger partial charge in [0.25, 0.3) is 5.91 Å². The van der Waals surface area contributed by atoms with Crippen molar-refractivity contribution in [3.63, 3.8) is 0 Å². The van der Waals surface area contributed by atoms with Crippen LogP contribution in [-0.4, -0.2) is 23.0 Å². The van der Waals surface area contributed by atoms with E-state index in [2.05, 4.69) is 5.32 Å². The van der Waals surface area contributed by atoms with Crippen LogP contribution < -0.4 is 5.32 Å². The van der Waals surface area contributed by atoms with Crippen LogP contribution in [0.1, 0.15) is 21.5 Å². The second-order valence-electron chi connectivity index (χ2n) is 5.20. The van der Waals surface area contributed by atoms with Gasteiger partial charge in [0.2, 0.25) is 0 Å². The zero-order valence-electron chi connectivity index (χ0n) is 12.7. The topological polar surface area (TPSA) is 66.4 Å². The molecule has 0 radical (unpaired) electrons. The van der Waals surface area contributed by atoms with Crippen molar-refractivity contribution >= 4 is 11.9 Å². The lowest BCUT2D eigenvalue weighted by Gasteiger charge is -2.18. The molecule has 25 heavy (non-hydrogen) atoms. The average molecular weight is 355 g/mol. The second kappa shape index (κ2) is 7.33. The van der Waals surface area contributed by atoms with E-state index in [1.54, 1.807) is 0 Å². The molecular formula is C17H13F4NO3. The smallest absolute Gasteiger partial charge is 0.416 e. The minimum atomic E-state index is -4.66. The van der Waals surface area contributed by atoms with Gasteiger partial charge in [-0.1, -0.05) is 30.3 Å². The Balaban J connectivity index is 2.25. The van der Waals surface area contributed by atoms with Crippen molar-refractivity contribution in [2.24, 2.45) is 0 Å². The summed E-state index contributed by atoms with van der Waals surface area (Å²) in [5, 5.41) is 11.3. The number of carboxylic acid groups (broad SMARTS) is 1. The van der Waals surface area contributed by atoms with Crippen molar-refractivity contribution in [1.29, 1.82) is 0 Å². The van der Waals surface area contributed by atoms with Crippen molar-refractivity contribution in [2.45, 2.75) is 18.6 Å². The van der Waals surface area contributed by atoms with Crippen molar-refractivity contribution in [2.75, 3.05) is 0 Å². The van der Waals surface area contributed by atoms with Crippen LogP contribution in [0.5, 0.6) is 0 Å². The zero-order chi connectivity index (χ0) is 18.6. The van der Waals surface area contributed by atoms with E-state index >= 15 is 0 Å². The second-order valence-corrected chi connectivity index (χ2v) is 5.20. The van der Waals surface area contributed by atoms with E-state index in [0.29, 0.717) is 0 Å². The molecule has 0 aliphatic heterocycles. The van der Waals surface area contributed by atoms with Gasteiger partial charge in [-0.05, 0) is 23.8 Å².